The molecule has 1 aliphatic heterocycles. The fourth-order valence-corrected chi connectivity index (χ4v) is 2.47. The summed E-state index contributed by atoms with van der Waals surface area (Å²) in [7, 11) is 0. The summed E-state index contributed by atoms with van der Waals surface area (Å²) >= 11 is 0. The van der Waals surface area contributed by atoms with Crippen molar-refractivity contribution in [2.24, 2.45) is 11.8 Å². The maximum absolute atomic E-state index is 11.6. The van der Waals surface area contributed by atoms with E-state index < -0.39 is 11.9 Å². The molecule has 1 unspecified atom stereocenters. The van der Waals surface area contributed by atoms with Crippen LogP contribution >= 0.6 is 0 Å². The molecule has 1 fully saturated rings. The number of carbonyl (C=O) groups is 2. The fourth-order valence-electron chi connectivity index (χ4n) is 2.47. The summed E-state index contributed by atoms with van der Waals surface area (Å²) in [4.78, 5) is 23.0. The first-order valence-corrected chi connectivity index (χ1v) is 7.80. The number of nitrogens with one attached hydrogen (secondary N) is 1. The number of ether oxygens (including phenoxy) is 2. The van der Waals surface area contributed by atoms with Crippen LogP contribution in [0.2, 0.25) is 0 Å². The van der Waals surface area contributed by atoms with Crippen LogP contribution in [0.25, 0.3) is 0 Å². The predicted molar refractivity (Wildman–Crippen MR) is 78.0 cm³/mol. The number of carboxylic acid groups (broad SMARTS) is 1. The van der Waals surface area contributed by atoms with Crippen molar-refractivity contribution in [2.45, 2.75) is 39.0 Å². The zero-order valence-electron chi connectivity index (χ0n) is 12.8. The molecule has 0 saturated carbocycles. The molecule has 0 aromatic carbocycles. The Morgan fingerprint density at radius 1 is 1.33 bits per heavy atom. The van der Waals surface area contributed by atoms with Gasteiger partial charge in [0.2, 0.25) is 5.91 Å². The number of carbonyl (C=O) groups excluding carboxylic acids is 1. The van der Waals surface area contributed by atoms with Gasteiger partial charge in [0.25, 0.3) is 0 Å². The van der Waals surface area contributed by atoms with Crippen molar-refractivity contribution in [1.82, 2.24) is 5.32 Å². The van der Waals surface area contributed by atoms with Crippen LogP contribution in [-0.2, 0) is 19.1 Å². The second-order valence-electron chi connectivity index (χ2n) is 5.46. The van der Waals surface area contributed by atoms with Crippen LogP contribution in [0.15, 0.2) is 0 Å². The van der Waals surface area contributed by atoms with Gasteiger partial charge in [-0.25, -0.2) is 0 Å². The molecule has 2 N–H and O–H groups in total. The van der Waals surface area contributed by atoms with Crippen LogP contribution in [0.4, 0.5) is 0 Å². The summed E-state index contributed by atoms with van der Waals surface area (Å²) in [5.41, 5.74) is 0. The number of rotatable bonds is 10. The number of aliphatic carboxylic acids is 1. The maximum atomic E-state index is 11.6. The van der Waals surface area contributed by atoms with Gasteiger partial charge in [-0.15, -0.1) is 0 Å². The van der Waals surface area contributed by atoms with Gasteiger partial charge >= 0.3 is 5.97 Å². The average molecular weight is 301 g/mol. The number of carboxylic acids is 1. The highest BCUT2D eigenvalue weighted by atomic mass is 16.5. The van der Waals surface area contributed by atoms with Crippen LogP contribution in [0.1, 0.15) is 39.0 Å². The molecule has 122 valence electrons. The third kappa shape index (κ3) is 7.43. The van der Waals surface area contributed by atoms with Crippen molar-refractivity contribution in [3.63, 3.8) is 0 Å². The monoisotopic (exact) mass is 301 g/mol. The van der Waals surface area contributed by atoms with Gasteiger partial charge in [0.15, 0.2) is 0 Å². The third-order valence-electron chi connectivity index (χ3n) is 3.80. The first-order valence-electron chi connectivity index (χ1n) is 7.80. The van der Waals surface area contributed by atoms with E-state index in [4.69, 9.17) is 9.47 Å². The maximum Gasteiger partial charge on any atom is 0.308 e. The first kappa shape index (κ1) is 17.9. The van der Waals surface area contributed by atoms with Crippen LogP contribution in [0.5, 0.6) is 0 Å². The molecular formula is C15H27NO5. The predicted octanol–water partition coefficient (Wildman–Crippen LogP) is 1.44. The lowest BCUT2D eigenvalue weighted by Crippen LogP contribution is -2.40. The van der Waals surface area contributed by atoms with Gasteiger partial charge in [-0.1, -0.05) is 19.8 Å². The Bertz CT molecular complexity index is 315. The smallest absolute Gasteiger partial charge is 0.308 e. The topological polar surface area (TPSA) is 84.9 Å². The largest absolute Gasteiger partial charge is 0.481 e. The minimum atomic E-state index is -0.855. The van der Waals surface area contributed by atoms with E-state index in [-0.39, 0.29) is 25.0 Å². The zero-order chi connectivity index (χ0) is 15.5. The fraction of sp³-hybridized carbons (Fsp3) is 0.867. The summed E-state index contributed by atoms with van der Waals surface area (Å²) in [6.07, 6.45) is 4.62. The van der Waals surface area contributed by atoms with Crippen molar-refractivity contribution in [1.29, 1.82) is 0 Å². The summed E-state index contributed by atoms with van der Waals surface area (Å²) in [6, 6.07) is 0. The standard InChI is InChI=1S/C15H27NO5/c1-2-3-4-7-21-11-14(17)16-10-13(15(18)19)12-5-8-20-9-6-12/h12-13H,2-11H2,1H3,(H,16,17)(H,18,19). The third-order valence-corrected chi connectivity index (χ3v) is 3.80. The summed E-state index contributed by atoms with van der Waals surface area (Å²) in [6.45, 7) is 4.05. The highest BCUT2D eigenvalue weighted by Gasteiger charge is 2.29. The molecule has 21 heavy (non-hydrogen) atoms. The molecule has 0 bridgehead atoms. The number of hydrogen-bond acceptors (Lipinski definition) is 4. The van der Waals surface area contributed by atoms with Crippen LogP contribution in [-0.4, -0.2) is 50.0 Å². The van der Waals surface area contributed by atoms with Gasteiger partial charge in [0, 0.05) is 26.4 Å². The Morgan fingerprint density at radius 3 is 2.67 bits per heavy atom. The van der Waals surface area contributed by atoms with Gasteiger partial charge in [0.1, 0.15) is 6.61 Å². The van der Waals surface area contributed by atoms with E-state index in [9.17, 15) is 14.7 Å². The number of amides is 1. The van der Waals surface area contributed by atoms with Gasteiger partial charge in [-0.3, -0.25) is 9.59 Å². The first-order chi connectivity index (χ1) is 10.1. The molecule has 1 atom stereocenters. The van der Waals surface area contributed by atoms with E-state index in [0.717, 1.165) is 32.1 Å². The van der Waals surface area contributed by atoms with Crippen LogP contribution < -0.4 is 5.32 Å². The second kappa shape index (κ2) is 10.6. The van der Waals surface area contributed by atoms with Gasteiger partial charge in [0.05, 0.1) is 5.92 Å². The Morgan fingerprint density at radius 2 is 2.05 bits per heavy atom. The van der Waals surface area contributed by atoms with E-state index >= 15 is 0 Å². The summed E-state index contributed by atoms with van der Waals surface area (Å²) in [5, 5.41) is 12.0. The second-order valence-corrected chi connectivity index (χ2v) is 5.46. The molecular weight excluding hydrogens is 274 g/mol. The molecule has 0 aliphatic carbocycles. The molecule has 0 aromatic heterocycles. The SMILES string of the molecule is CCCCCOCC(=O)NCC(C(=O)O)C1CCOCC1. The van der Waals surface area contributed by atoms with Gasteiger partial charge < -0.3 is 19.9 Å². The van der Waals surface area contributed by atoms with Gasteiger partial charge in [-0.05, 0) is 25.2 Å². The summed E-state index contributed by atoms with van der Waals surface area (Å²) < 4.78 is 10.5. The Balaban J connectivity index is 2.22. The lowest BCUT2D eigenvalue weighted by molar-refractivity contribution is -0.145. The normalized spacial score (nSPS) is 17.4. The quantitative estimate of drug-likeness (QED) is 0.596. The minimum absolute atomic E-state index is 0.00380. The molecule has 1 heterocycles. The van der Waals surface area contributed by atoms with E-state index in [1.807, 2.05) is 0 Å². The molecule has 0 aromatic rings. The molecule has 0 spiro atoms. The molecule has 6 nitrogen and oxygen atoms in total. The van der Waals surface area contributed by atoms with Crippen molar-refractivity contribution >= 4 is 11.9 Å². The number of unbranched alkanes of at least 4 members (excludes halogenated alkanes) is 2. The van der Waals surface area contributed by atoms with Gasteiger partial charge in [-0.2, -0.15) is 0 Å². The van der Waals surface area contributed by atoms with E-state index in [2.05, 4.69) is 12.2 Å². The average Bonchev–Trinajstić information content (AvgIpc) is 2.48. The molecule has 1 saturated heterocycles. The van der Waals surface area contributed by atoms with Crippen molar-refractivity contribution in [3.8, 4) is 0 Å². The molecule has 0 radical (unpaired) electrons. The van der Waals surface area contributed by atoms with E-state index in [0.29, 0.717) is 19.8 Å². The lowest BCUT2D eigenvalue weighted by atomic mass is 9.86. The molecule has 1 rings (SSSR count). The van der Waals surface area contributed by atoms with Crippen LogP contribution in [0.3, 0.4) is 0 Å². The summed E-state index contributed by atoms with van der Waals surface area (Å²) in [5.74, 6) is -1.57. The van der Waals surface area contributed by atoms with Crippen molar-refractivity contribution in [2.75, 3.05) is 33.0 Å². The van der Waals surface area contributed by atoms with Crippen LogP contribution in [0, 0.1) is 11.8 Å². The molecule has 6 heteroatoms. The minimum Gasteiger partial charge on any atom is -0.481 e. The molecule has 1 aliphatic rings. The highest BCUT2D eigenvalue weighted by Crippen LogP contribution is 2.23. The molecule has 1 amide bonds. The number of hydrogen-bond donors (Lipinski definition) is 2. The van der Waals surface area contributed by atoms with Crippen molar-refractivity contribution < 1.29 is 24.2 Å². The lowest BCUT2D eigenvalue weighted by Gasteiger charge is -2.27. The Hall–Kier alpha value is -1.14. The van der Waals surface area contributed by atoms with E-state index in [1.165, 1.54) is 0 Å². The highest BCUT2D eigenvalue weighted by molar-refractivity contribution is 5.78. The Labute approximate surface area is 126 Å². The Kier molecular flexibility index (Phi) is 9.01. The van der Waals surface area contributed by atoms with Crippen molar-refractivity contribution in [3.05, 3.63) is 0 Å². The zero-order valence-corrected chi connectivity index (χ0v) is 12.8. The van der Waals surface area contributed by atoms with E-state index in [1.54, 1.807) is 0 Å².